The lowest BCUT2D eigenvalue weighted by molar-refractivity contribution is 0.0683. The van der Waals surface area contributed by atoms with Crippen LogP contribution in [0, 0.1) is 5.92 Å². The fraction of sp³-hybridized carbons (Fsp3) is 0.318. The summed E-state index contributed by atoms with van der Waals surface area (Å²) in [6, 6.07) is 5.87. The second-order valence-corrected chi connectivity index (χ2v) is 9.15. The van der Waals surface area contributed by atoms with Crippen LogP contribution in [0.2, 0.25) is 5.02 Å². The molecule has 0 bridgehead atoms. The molecule has 0 atom stereocenters. The molecule has 0 saturated heterocycles. The van der Waals surface area contributed by atoms with Gasteiger partial charge in [0.15, 0.2) is 11.4 Å². The first-order valence-corrected chi connectivity index (χ1v) is 11.0. The number of aromatic nitrogens is 2. The van der Waals surface area contributed by atoms with Crippen molar-refractivity contribution in [2.75, 3.05) is 6.54 Å². The summed E-state index contributed by atoms with van der Waals surface area (Å²) in [6.45, 7) is 5.59. The summed E-state index contributed by atoms with van der Waals surface area (Å²) in [5.74, 6) is -0.393. The third-order valence-corrected chi connectivity index (χ3v) is 6.30. The van der Waals surface area contributed by atoms with E-state index in [1.165, 1.54) is 11.3 Å². The number of fused-ring (bicyclic) bond motifs is 1. The average Bonchev–Trinajstić information content (AvgIpc) is 3.23. The Hall–Kier alpha value is -2.64. The summed E-state index contributed by atoms with van der Waals surface area (Å²) in [5.41, 5.74) is 1.75. The average molecular weight is 444 g/mol. The van der Waals surface area contributed by atoms with Crippen LogP contribution in [0.25, 0.3) is 10.6 Å². The van der Waals surface area contributed by atoms with Gasteiger partial charge in [0.2, 0.25) is 5.43 Å². The number of aromatic hydroxyl groups is 1. The molecule has 1 aliphatic rings. The first kappa shape index (κ1) is 20.6. The molecule has 0 spiro atoms. The molecule has 4 rings (SSSR count). The zero-order valence-corrected chi connectivity index (χ0v) is 18.3. The summed E-state index contributed by atoms with van der Waals surface area (Å²) in [5, 5.41) is 13.5. The Bertz CT molecular complexity index is 1160. The molecule has 3 heterocycles. The van der Waals surface area contributed by atoms with E-state index in [1.807, 2.05) is 18.2 Å². The van der Waals surface area contributed by atoms with Crippen molar-refractivity contribution >= 4 is 28.8 Å². The smallest absolute Gasteiger partial charge is 0.274 e. The van der Waals surface area contributed by atoms with Gasteiger partial charge in [-0.05, 0) is 29.5 Å². The monoisotopic (exact) mass is 443 g/mol. The highest BCUT2D eigenvalue weighted by Crippen LogP contribution is 2.27. The van der Waals surface area contributed by atoms with Crippen molar-refractivity contribution in [3.05, 3.63) is 68.0 Å². The normalized spacial score (nSPS) is 13.7. The van der Waals surface area contributed by atoms with Gasteiger partial charge in [0.05, 0.1) is 5.56 Å². The van der Waals surface area contributed by atoms with Gasteiger partial charge in [-0.2, -0.15) is 0 Å². The Balaban J connectivity index is 1.61. The zero-order valence-electron chi connectivity index (χ0n) is 16.8. The molecule has 0 radical (unpaired) electrons. The van der Waals surface area contributed by atoms with E-state index in [9.17, 15) is 14.7 Å². The van der Waals surface area contributed by atoms with Crippen molar-refractivity contribution in [2.45, 2.75) is 33.4 Å². The van der Waals surface area contributed by atoms with E-state index in [0.29, 0.717) is 41.1 Å². The Morgan fingerprint density at radius 2 is 2.07 bits per heavy atom. The van der Waals surface area contributed by atoms with Crippen LogP contribution in [0.15, 0.2) is 40.8 Å². The molecule has 0 saturated carbocycles. The predicted octanol–water partition coefficient (Wildman–Crippen LogP) is 4.19. The molecule has 156 valence electrons. The summed E-state index contributed by atoms with van der Waals surface area (Å²) in [7, 11) is 0. The lowest BCUT2D eigenvalue weighted by Crippen LogP contribution is -2.41. The number of amides is 1. The Morgan fingerprint density at radius 1 is 1.27 bits per heavy atom. The fourth-order valence-corrected chi connectivity index (χ4v) is 4.63. The van der Waals surface area contributed by atoms with E-state index in [-0.39, 0.29) is 11.6 Å². The minimum absolute atomic E-state index is 0.0223. The number of hydrogen-bond acceptors (Lipinski definition) is 5. The lowest BCUT2D eigenvalue weighted by Gasteiger charge is -2.30. The maximum absolute atomic E-state index is 13.0. The molecular formula is C22H22ClN3O3S. The van der Waals surface area contributed by atoms with Crippen LogP contribution in [-0.2, 0) is 19.5 Å². The van der Waals surface area contributed by atoms with Crippen LogP contribution in [0.1, 0.15) is 35.5 Å². The van der Waals surface area contributed by atoms with Crippen LogP contribution >= 0.6 is 22.9 Å². The highest BCUT2D eigenvalue weighted by Gasteiger charge is 2.30. The minimum atomic E-state index is -0.576. The zero-order chi connectivity index (χ0) is 21.4. The third-order valence-electron chi connectivity index (χ3n) is 5.14. The van der Waals surface area contributed by atoms with Crippen LogP contribution in [0.4, 0.5) is 0 Å². The van der Waals surface area contributed by atoms with Gasteiger partial charge in [-0.3, -0.25) is 9.59 Å². The van der Waals surface area contributed by atoms with Gasteiger partial charge in [-0.15, -0.1) is 11.3 Å². The van der Waals surface area contributed by atoms with Crippen molar-refractivity contribution in [1.82, 2.24) is 14.5 Å². The van der Waals surface area contributed by atoms with Crippen molar-refractivity contribution in [3.63, 3.8) is 0 Å². The number of rotatable bonds is 5. The second-order valence-electron chi connectivity index (χ2n) is 7.85. The predicted molar refractivity (Wildman–Crippen MR) is 118 cm³/mol. The van der Waals surface area contributed by atoms with E-state index in [1.54, 1.807) is 27.2 Å². The van der Waals surface area contributed by atoms with Gasteiger partial charge in [0, 0.05) is 42.4 Å². The van der Waals surface area contributed by atoms with Gasteiger partial charge in [-0.1, -0.05) is 37.6 Å². The molecule has 0 aliphatic carbocycles. The maximum atomic E-state index is 13.0. The number of pyridine rings is 1. The Labute approximate surface area is 183 Å². The van der Waals surface area contributed by atoms with Gasteiger partial charge >= 0.3 is 0 Å². The molecule has 0 unspecified atom stereocenters. The van der Waals surface area contributed by atoms with E-state index < -0.39 is 11.2 Å². The topological polar surface area (TPSA) is 75.4 Å². The van der Waals surface area contributed by atoms with Crippen molar-refractivity contribution in [2.24, 2.45) is 5.92 Å². The molecule has 0 fully saturated rings. The standard InChI is InChI=1S/C22H22ClN3O3S/c1-13(2)9-15-4-3-14(10-17(15)23)11-26-7-6-25-12-16(21-24-5-8-30-21)19(27)20(28)18(25)22(26)29/h3-5,8,10,12-13,28H,6-7,9,11H2,1-2H3. The number of hydrogen-bond donors (Lipinski definition) is 1. The number of carbonyl (C=O) groups excluding carboxylic acids is 1. The minimum Gasteiger partial charge on any atom is -0.503 e. The van der Waals surface area contributed by atoms with Crippen LogP contribution in [0.5, 0.6) is 5.75 Å². The van der Waals surface area contributed by atoms with E-state index >= 15 is 0 Å². The summed E-state index contributed by atoms with van der Waals surface area (Å²) >= 11 is 7.74. The van der Waals surface area contributed by atoms with E-state index in [2.05, 4.69) is 18.8 Å². The van der Waals surface area contributed by atoms with Gasteiger partial charge in [0.1, 0.15) is 5.01 Å². The molecule has 6 nitrogen and oxygen atoms in total. The Morgan fingerprint density at radius 3 is 2.73 bits per heavy atom. The molecule has 3 aromatic rings. The third kappa shape index (κ3) is 3.87. The van der Waals surface area contributed by atoms with Gasteiger partial charge in [0.25, 0.3) is 5.91 Å². The first-order valence-electron chi connectivity index (χ1n) is 9.78. The quantitative estimate of drug-likeness (QED) is 0.641. The maximum Gasteiger partial charge on any atom is 0.274 e. The molecular weight excluding hydrogens is 422 g/mol. The molecule has 1 aliphatic heterocycles. The van der Waals surface area contributed by atoms with Crippen LogP contribution < -0.4 is 5.43 Å². The molecule has 1 N–H and O–H groups in total. The van der Waals surface area contributed by atoms with Crippen molar-refractivity contribution in [3.8, 4) is 16.3 Å². The van der Waals surface area contributed by atoms with Gasteiger partial charge < -0.3 is 14.6 Å². The summed E-state index contributed by atoms with van der Waals surface area (Å²) in [6.07, 6.45) is 4.11. The highest BCUT2D eigenvalue weighted by molar-refractivity contribution is 7.13. The highest BCUT2D eigenvalue weighted by atomic mass is 35.5. The van der Waals surface area contributed by atoms with E-state index in [0.717, 1.165) is 17.5 Å². The second kappa shape index (κ2) is 8.24. The Kier molecular flexibility index (Phi) is 5.66. The number of nitrogens with zero attached hydrogens (tertiary/aromatic N) is 3. The summed E-state index contributed by atoms with van der Waals surface area (Å²) in [4.78, 5) is 31.5. The van der Waals surface area contributed by atoms with Crippen LogP contribution in [-0.4, -0.2) is 32.0 Å². The molecule has 1 aromatic carbocycles. The number of halogens is 1. The number of carbonyl (C=O) groups is 1. The molecule has 8 heteroatoms. The molecule has 1 amide bonds. The molecule has 2 aromatic heterocycles. The number of benzene rings is 1. The summed E-state index contributed by atoms with van der Waals surface area (Å²) < 4.78 is 1.64. The lowest BCUT2D eigenvalue weighted by atomic mass is 10.0. The number of thiazole rings is 1. The van der Waals surface area contributed by atoms with E-state index in [4.69, 9.17) is 11.6 Å². The SMILES string of the molecule is CC(C)Cc1ccc(CN2CCn3cc(-c4nccs4)c(=O)c(O)c3C2=O)cc1Cl. The first-order chi connectivity index (χ1) is 14.3. The largest absolute Gasteiger partial charge is 0.503 e. The van der Waals surface area contributed by atoms with Crippen molar-refractivity contribution in [1.29, 1.82) is 0 Å². The van der Waals surface area contributed by atoms with Crippen molar-refractivity contribution < 1.29 is 9.90 Å². The fourth-order valence-electron chi connectivity index (χ4n) is 3.70. The van der Waals surface area contributed by atoms with Gasteiger partial charge in [-0.25, -0.2) is 4.98 Å². The molecule has 30 heavy (non-hydrogen) atoms. The van der Waals surface area contributed by atoms with Crippen LogP contribution in [0.3, 0.4) is 0 Å².